The Morgan fingerprint density at radius 2 is 1.90 bits per heavy atom. The third-order valence-electron chi connectivity index (χ3n) is 2.81. The normalized spacial score (nSPS) is 10.7. The molecule has 1 N–H and O–H groups in total. The first-order chi connectivity index (χ1) is 9.99. The molecule has 0 aromatic heterocycles. The maximum absolute atomic E-state index is 11.1. The van der Waals surface area contributed by atoms with Crippen molar-refractivity contribution in [2.24, 2.45) is 0 Å². The second-order valence-electron chi connectivity index (χ2n) is 4.19. The van der Waals surface area contributed by atoms with Gasteiger partial charge in [0.2, 0.25) is 0 Å². The molecule has 0 saturated heterocycles. The van der Waals surface area contributed by atoms with E-state index in [0.717, 1.165) is 0 Å². The molecule has 0 radical (unpaired) electrons. The van der Waals surface area contributed by atoms with Gasteiger partial charge in [0.15, 0.2) is 0 Å². The highest BCUT2D eigenvalue weighted by Crippen LogP contribution is 2.26. The smallest absolute Gasteiger partial charge is 0.336 e. The number of nitrogens with zero attached hydrogens (tertiary/aromatic N) is 1. The second kappa shape index (κ2) is 6.19. The Hall–Kier alpha value is -2.66. The van der Waals surface area contributed by atoms with Gasteiger partial charge in [-0.3, -0.25) is 10.1 Å². The van der Waals surface area contributed by atoms with Crippen LogP contribution in [0.25, 0.3) is 12.2 Å². The lowest BCUT2D eigenvalue weighted by molar-refractivity contribution is -0.384. The van der Waals surface area contributed by atoms with Gasteiger partial charge in [0, 0.05) is 6.07 Å². The van der Waals surface area contributed by atoms with Crippen LogP contribution in [0.2, 0.25) is 5.02 Å². The summed E-state index contributed by atoms with van der Waals surface area (Å²) in [5.74, 6) is -1.03. The SMILES string of the molecule is O=C(O)c1ccccc1C=Cc1ccc(Cl)c([N+](=O)[O-])c1. The summed E-state index contributed by atoms with van der Waals surface area (Å²) in [5, 5.41) is 19.9. The first kappa shape index (κ1) is 14.7. The average Bonchev–Trinajstić information content (AvgIpc) is 2.46. The highest BCUT2D eigenvalue weighted by molar-refractivity contribution is 6.32. The van der Waals surface area contributed by atoms with Gasteiger partial charge in [-0.1, -0.05) is 48.0 Å². The van der Waals surface area contributed by atoms with Crippen molar-refractivity contribution in [3.8, 4) is 0 Å². The Labute approximate surface area is 125 Å². The molecule has 0 fully saturated rings. The van der Waals surface area contributed by atoms with Crippen LogP contribution < -0.4 is 0 Å². The van der Waals surface area contributed by atoms with E-state index in [0.29, 0.717) is 11.1 Å². The minimum atomic E-state index is -1.03. The van der Waals surface area contributed by atoms with Crippen LogP contribution in [0.3, 0.4) is 0 Å². The second-order valence-corrected chi connectivity index (χ2v) is 4.60. The number of halogens is 1. The van der Waals surface area contributed by atoms with Crippen LogP contribution in [0, 0.1) is 10.1 Å². The maximum atomic E-state index is 11.1. The summed E-state index contributed by atoms with van der Waals surface area (Å²) in [6.45, 7) is 0. The van der Waals surface area contributed by atoms with Gasteiger partial charge in [-0.15, -0.1) is 0 Å². The number of hydrogen-bond donors (Lipinski definition) is 1. The molecule has 0 aliphatic heterocycles. The lowest BCUT2D eigenvalue weighted by atomic mass is 10.1. The molecule has 106 valence electrons. The predicted molar refractivity (Wildman–Crippen MR) is 80.4 cm³/mol. The maximum Gasteiger partial charge on any atom is 0.336 e. The molecule has 6 heteroatoms. The van der Waals surface area contributed by atoms with E-state index in [1.807, 2.05) is 0 Å². The number of aromatic carboxylic acids is 1. The van der Waals surface area contributed by atoms with Gasteiger partial charge in [0.1, 0.15) is 5.02 Å². The van der Waals surface area contributed by atoms with Crippen molar-refractivity contribution in [2.45, 2.75) is 0 Å². The van der Waals surface area contributed by atoms with E-state index < -0.39 is 10.9 Å². The predicted octanol–water partition coefficient (Wildman–Crippen LogP) is 4.12. The van der Waals surface area contributed by atoms with E-state index in [-0.39, 0.29) is 16.3 Å². The van der Waals surface area contributed by atoms with Crippen LogP contribution in [0.1, 0.15) is 21.5 Å². The third-order valence-corrected chi connectivity index (χ3v) is 3.13. The summed E-state index contributed by atoms with van der Waals surface area (Å²) < 4.78 is 0. The minimum absolute atomic E-state index is 0.0584. The summed E-state index contributed by atoms with van der Waals surface area (Å²) >= 11 is 5.73. The van der Waals surface area contributed by atoms with E-state index in [4.69, 9.17) is 16.7 Å². The molecule has 0 amide bonds. The van der Waals surface area contributed by atoms with Gasteiger partial charge in [-0.25, -0.2) is 4.79 Å². The molecule has 0 aliphatic carbocycles. The molecule has 0 saturated carbocycles. The molecule has 5 nitrogen and oxygen atoms in total. The molecule has 0 aliphatic rings. The first-order valence-electron chi connectivity index (χ1n) is 5.93. The van der Waals surface area contributed by atoms with Crippen molar-refractivity contribution in [1.82, 2.24) is 0 Å². The molecule has 2 aromatic rings. The molecule has 0 spiro atoms. The minimum Gasteiger partial charge on any atom is -0.478 e. The molecule has 0 bridgehead atoms. The number of carbonyl (C=O) groups is 1. The third kappa shape index (κ3) is 3.46. The van der Waals surface area contributed by atoms with Crippen molar-refractivity contribution in [1.29, 1.82) is 0 Å². The average molecular weight is 304 g/mol. The monoisotopic (exact) mass is 303 g/mol. The fourth-order valence-corrected chi connectivity index (χ4v) is 1.98. The number of carboxylic acid groups (broad SMARTS) is 1. The Morgan fingerprint density at radius 3 is 2.57 bits per heavy atom. The topological polar surface area (TPSA) is 80.4 Å². The Morgan fingerprint density at radius 1 is 1.19 bits per heavy atom. The summed E-state index contributed by atoms with van der Waals surface area (Å²) in [6.07, 6.45) is 3.20. The standard InChI is InChI=1S/C15H10ClNO4/c16-13-8-6-10(9-14(13)17(20)21)5-7-11-3-1-2-4-12(11)15(18)19/h1-9H,(H,18,19). The fourth-order valence-electron chi connectivity index (χ4n) is 1.80. The largest absolute Gasteiger partial charge is 0.478 e. The van der Waals surface area contributed by atoms with Gasteiger partial charge in [0.05, 0.1) is 10.5 Å². The van der Waals surface area contributed by atoms with Gasteiger partial charge in [-0.05, 0) is 23.3 Å². The number of nitro benzene ring substituents is 1. The highest BCUT2D eigenvalue weighted by Gasteiger charge is 2.12. The van der Waals surface area contributed by atoms with E-state index in [2.05, 4.69) is 0 Å². The summed E-state index contributed by atoms with van der Waals surface area (Å²) in [7, 11) is 0. The Kier molecular flexibility index (Phi) is 4.35. The molecule has 0 heterocycles. The fraction of sp³-hybridized carbons (Fsp3) is 0. The van der Waals surface area contributed by atoms with E-state index in [1.54, 1.807) is 36.4 Å². The number of benzene rings is 2. The van der Waals surface area contributed by atoms with Crippen LogP contribution in [0.15, 0.2) is 42.5 Å². The van der Waals surface area contributed by atoms with Gasteiger partial charge < -0.3 is 5.11 Å². The number of nitro groups is 1. The summed E-state index contributed by atoms with van der Waals surface area (Å²) in [4.78, 5) is 21.3. The molecular formula is C15H10ClNO4. The Balaban J connectivity index is 2.36. The zero-order valence-electron chi connectivity index (χ0n) is 10.7. The van der Waals surface area contributed by atoms with Gasteiger partial charge in [0.25, 0.3) is 5.69 Å². The lowest BCUT2D eigenvalue weighted by Crippen LogP contribution is -1.98. The molecular weight excluding hydrogens is 294 g/mol. The van der Waals surface area contributed by atoms with Crippen LogP contribution in [-0.2, 0) is 0 Å². The number of rotatable bonds is 4. The molecule has 2 aromatic carbocycles. The van der Waals surface area contributed by atoms with Crippen molar-refractivity contribution in [3.63, 3.8) is 0 Å². The Bertz CT molecular complexity index is 740. The quantitative estimate of drug-likeness (QED) is 0.523. The van der Waals surface area contributed by atoms with Gasteiger partial charge in [-0.2, -0.15) is 0 Å². The first-order valence-corrected chi connectivity index (χ1v) is 6.31. The zero-order chi connectivity index (χ0) is 15.4. The lowest BCUT2D eigenvalue weighted by Gasteiger charge is -2.01. The molecule has 0 atom stereocenters. The van der Waals surface area contributed by atoms with Crippen molar-refractivity contribution in [3.05, 3.63) is 74.3 Å². The molecule has 2 rings (SSSR count). The van der Waals surface area contributed by atoms with Crippen molar-refractivity contribution < 1.29 is 14.8 Å². The van der Waals surface area contributed by atoms with Crippen molar-refractivity contribution in [2.75, 3.05) is 0 Å². The van der Waals surface area contributed by atoms with Crippen LogP contribution in [0.4, 0.5) is 5.69 Å². The van der Waals surface area contributed by atoms with E-state index in [9.17, 15) is 14.9 Å². The van der Waals surface area contributed by atoms with Crippen molar-refractivity contribution >= 4 is 35.4 Å². The molecule has 0 unspecified atom stereocenters. The van der Waals surface area contributed by atoms with E-state index in [1.165, 1.54) is 18.2 Å². The van der Waals surface area contributed by atoms with Gasteiger partial charge >= 0.3 is 5.97 Å². The summed E-state index contributed by atoms with van der Waals surface area (Å²) in [6, 6.07) is 10.9. The van der Waals surface area contributed by atoms with E-state index >= 15 is 0 Å². The van der Waals surface area contributed by atoms with Crippen LogP contribution in [-0.4, -0.2) is 16.0 Å². The summed E-state index contributed by atoms with van der Waals surface area (Å²) in [5.41, 5.74) is 1.05. The zero-order valence-corrected chi connectivity index (χ0v) is 11.4. The highest BCUT2D eigenvalue weighted by atomic mass is 35.5. The van der Waals surface area contributed by atoms with Crippen LogP contribution >= 0.6 is 11.6 Å². The molecule has 21 heavy (non-hydrogen) atoms. The number of carboxylic acids is 1. The number of hydrogen-bond acceptors (Lipinski definition) is 3. The van der Waals surface area contributed by atoms with Crippen LogP contribution in [0.5, 0.6) is 0 Å².